The van der Waals surface area contributed by atoms with Crippen molar-refractivity contribution in [2.45, 2.75) is 39.8 Å². The lowest BCUT2D eigenvalue weighted by atomic mass is 10.0. The number of anilines is 2. The predicted octanol–water partition coefficient (Wildman–Crippen LogP) is 5.65. The lowest BCUT2D eigenvalue weighted by Crippen LogP contribution is -2.42. The second-order valence-corrected chi connectivity index (χ2v) is 8.52. The van der Waals surface area contributed by atoms with E-state index in [1.165, 1.54) is 39.2 Å². The van der Waals surface area contributed by atoms with Crippen molar-refractivity contribution in [2.75, 3.05) is 30.2 Å². The zero-order valence-corrected chi connectivity index (χ0v) is 18.6. The molecule has 0 saturated carbocycles. The van der Waals surface area contributed by atoms with Gasteiger partial charge < -0.3 is 14.5 Å². The van der Waals surface area contributed by atoms with E-state index in [2.05, 4.69) is 97.3 Å². The molecule has 0 saturated heterocycles. The lowest BCUT2D eigenvalue weighted by Gasteiger charge is -2.30. The van der Waals surface area contributed by atoms with Gasteiger partial charge >= 0.3 is 0 Å². The van der Waals surface area contributed by atoms with Crippen molar-refractivity contribution in [1.82, 2.24) is 0 Å². The SMILES string of the molecule is COCC(Cc1ccc(C)cc1)N1CN(Cc2ccc(C)c(C)c2)c2ccccc21. The Kier molecular flexibility index (Phi) is 6.10. The molecule has 1 aliphatic rings. The van der Waals surface area contributed by atoms with Gasteiger partial charge in [0.1, 0.15) is 0 Å². The van der Waals surface area contributed by atoms with E-state index in [0.29, 0.717) is 12.6 Å². The Labute approximate surface area is 180 Å². The Morgan fingerprint density at radius 3 is 2.23 bits per heavy atom. The average molecular weight is 401 g/mol. The zero-order chi connectivity index (χ0) is 21.1. The van der Waals surface area contributed by atoms with Crippen molar-refractivity contribution in [1.29, 1.82) is 0 Å². The molecule has 3 aromatic rings. The Morgan fingerprint density at radius 1 is 0.833 bits per heavy atom. The van der Waals surface area contributed by atoms with Crippen LogP contribution in [0, 0.1) is 20.8 Å². The van der Waals surface area contributed by atoms with E-state index in [0.717, 1.165) is 19.6 Å². The Hall–Kier alpha value is -2.78. The van der Waals surface area contributed by atoms with Gasteiger partial charge in [-0.2, -0.15) is 0 Å². The van der Waals surface area contributed by atoms with E-state index in [1.54, 1.807) is 7.11 Å². The number of methoxy groups -OCH3 is 1. The van der Waals surface area contributed by atoms with Gasteiger partial charge in [0.2, 0.25) is 0 Å². The second kappa shape index (κ2) is 8.93. The number of hydrogen-bond acceptors (Lipinski definition) is 3. The first kappa shape index (κ1) is 20.5. The lowest BCUT2D eigenvalue weighted by molar-refractivity contribution is 0.176. The van der Waals surface area contributed by atoms with Crippen LogP contribution in [0.3, 0.4) is 0 Å². The van der Waals surface area contributed by atoms with Crippen LogP contribution in [0.4, 0.5) is 11.4 Å². The Balaban J connectivity index is 1.59. The summed E-state index contributed by atoms with van der Waals surface area (Å²) in [6.07, 6.45) is 0.972. The van der Waals surface area contributed by atoms with E-state index in [4.69, 9.17) is 4.74 Å². The number of hydrogen-bond donors (Lipinski definition) is 0. The van der Waals surface area contributed by atoms with E-state index < -0.39 is 0 Å². The molecule has 30 heavy (non-hydrogen) atoms. The number of ether oxygens (including phenoxy) is 1. The summed E-state index contributed by atoms with van der Waals surface area (Å²) in [6.45, 7) is 9.01. The second-order valence-electron chi connectivity index (χ2n) is 8.52. The molecule has 1 aliphatic heterocycles. The normalized spacial score (nSPS) is 14.1. The molecule has 1 unspecified atom stereocenters. The molecule has 0 radical (unpaired) electrons. The van der Waals surface area contributed by atoms with Crippen LogP contribution in [0.25, 0.3) is 0 Å². The summed E-state index contributed by atoms with van der Waals surface area (Å²) in [5.41, 5.74) is 9.32. The standard InChI is InChI=1S/C27H32N2O/c1-20-9-12-23(13-10-20)16-25(18-30-4)29-19-28(26-7-5-6-8-27(26)29)17-24-14-11-21(2)22(3)15-24/h5-15,25H,16-19H2,1-4H3. The van der Waals surface area contributed by atoms with Crippen molar-refractivity contribution in [3.63, 3.8) is 0 Å². The van der Waals surface area contributed by atoms with Gasteiger partial charge in [-0.25, -0.2) is 0 Å². The fourth-order valence-electron chi connectivity index (χ4n) is 4.33. The van der Waals surface area contributed by atoms with Gasteiger partial charge in [-0.05, 0) is 61.6 Å². The Bertz CT molecular complexity index is 996. The third-order valence-corrected chi connectivity index (χ3v) is 6.19. The van der Waals surface area contributed by atoms with Crippen LogP contribution in [0.5, 0.6) is 0 Å². The van der Waals surface area contributed by atoms with Crippen LogP contribution in [0.2, 0.25) is 0 Å². The highest BCUT2D eigenvalue weighted by molar-refractivity contribution is 5.76. The summed E-state index contributed by atoms with van der Waals surface area (Å²) in [4.78, 5) is 5.00. The minimum Gasteiger partial charge on any atom is -0.383 e. The molecule has 0 fully saturated rings. The van der Waals surface area contributed by atoms with Gasteiger partial charge in [-0.3, -0.25) is 0 Å². The van der Waals surface area contributed by atoms with Crippen LogP contribution in [-0.2, 0) is 17.7 Å². The summed E-state index contributed by atoms with van der Waals surface area (Å²) in [5, 5.41) is 0. The maximum atomic E-state index is 5.65. The molecule has 4 rings (SSSR count). The fourth-order valence-corrected chi connectivity index (χ4v) is 4.33. The topological polar surface area (TPSA) is 15.7 Å². The van der Waals surface area contributed by atoms with Crippen LogP contribution >= 0.6 is 0 Å². The first-order chi connectivity index (χ1) is 14.5. The molecule has 156 valence electrons. The average Bonchev–Trinajstić information content (AvgIpc) is 3.10. The minimum absolute atomic E-state index is 0.295. The highest BCUT2D eigenvalue weighted by atomic mass is 16.5. The van der Waals surface area contributed by atoms with E-state index in [1.807, 2.05) is 0 Å². The first-order valence-corrected chi connectivity index (χ1v) is 10.8. The van der Waals surface area contributed by atoms with Gasteiger partial charge in [-0.15, -0.1) is 0 Å². The van der Waals surface area contributed by atoms with Crippen molar-refractivity contribution in [2.24, 2.45) is 0 Å². The summed E-state index contributed by atoms with van der Waals surface area (Å²) >= 11 is 0. The van der Waals surface area contributed by atoms with Gasteiger partial charge in [-0.1, -0.05) is 60.2 Å². The van der Waals surface area contributed by atoms with Crippen LogP contribution in [-0.4, -0.2) is 26.4 Å². The summed E-state index contributed by atoms with van der Waals surface area (Å²) in [6, 6.07) is 24.7. The number of para-hydroxylation sites is 2. The summed E-state index contributed by atoms with van der Waals surface area (Å²) < 4.78 is 5.65. The van der Waals surface area contributed by atoms with Crippen LogP contribution in [0.1, 0.15) is 27.8 Å². The number of aryl methyl sites for hydroxylation is 3. The van der Waals surface area contributed by atoms with Gasteiger partial charge in [0.25, 0.3) is 0 Å². The van der Waals surface area contributed by atoms with Crippen molar-refractivity contribution in [3.05, 3.63) is 94.5 Å². The molecule has 3 heteroatoms. The quantitative estimate of drug-likeness (QED) is 0.509. The molecule has 0 spiro atoms. The maximum Gasteiger partial charge on any atom is 0.0911 e. The van der Waals surface area contributed by atoms with E-state index in [9.17, 15) is 0 Å². The molecule has 0 amide bonds. The molecule has 3 nitrogen and oxygen atoms in total. The molecule has 1 heterocycles. The van der Waals surface area contributed by atoms with Crippen molar-refractivity contribution in [3.8, 4) is 0 Å². The predicted molar refractivity (Wildman–Crippen MR) is 126 cm³/mol. The van der Waals surface area contributed by atoms with Crippen LogP contribution < -0.4 is 9.80 Å². The minimum atomic E-state index is 0.295. The van der Waals surface area contributed by atoms with Gasteiger partial charge in [0.05, 0.1) is 30.7 Å². The fraction of sp³-hybridized carbons (Fsp3) is 0.333. The van der Waals surface area contributed by atoms with Crippen LogP contribution in [0.15, 0.2) is 66.7 Å². The highest BCUT2D eigenvalue weighted by Crippen LogP contribution is 2.38. The smallest absolute Gasteiger partial charge is 0.0911 e. The molecule has 0 aromatic heterocycles. The van der Waals surface area contributed by atoms with E-state index >= 15 is 0 Å². The molecule has 3 aromatic carbocycles. The maximum absolute atomic E-state index is 5.65. The molecule has 0 bridgehead atoms. The zero-order valence-electron chi connectivity index (χ0n) is 18.6. The summed E-state index contributed by atoms with van der Waals surface area (Å²) in [5.74, 6) is 0. The summed E-state index contributed by atoms with van der Waals surface area (Å²) in [7, 11) is 1.80. The third-order valence-electron chi connectivity index (χ3n) is 6.19. The molecule has 1 atom stereocenters. The highest BCUT2D eigenvalue weighted by Gasteiger charge is 2.30. The third kappa shape index (κ3) is 4.36. The molecular formula is C27H32N2O. The largest absolute Gasteiger partial charge is 0.383 e. The van der Waals surface area contributed by atoms with E-state index in [-0.39, 0.29) is 0 Å². The van der Waals surface area contributed by atoms with Gasteiger partial charge in [0, 0.05) is 13.7 Å². The number of rotatable bonds is 7. The van der Waals surface area contributed by atoms with Crippen molar-refractivity contribution >= 4 is 11.4 Å². The molecular weight excluding hydrogens is 368 g/mol. The number of fused-ring (bicyclic) bond motifs is 1. The van der Waals surface area contributed by atoms with Crippen molar-refractivity contribution < 1.29 is 4.74 Å². The monoisotopic (exact) mass is 400 g/mol. The molecule has 0 N–H and O–H groups in total. The number of benzene rings is 3. The first-order valence-electron chi connectivity index (χ1n) is 10.8. The number of nitrogens with zero attached hydrogens (tertiary/aromatic N) is 2. The van der Waals surface area contributed by atoms with Gasteiger partial charge in [0.15, 0.2) is 0 Å². The molecule has 0 aliphatic carbocycles. The Morgan fingerprint density at radius 2 is 1.53 bits per heavy atom.